The Morgan fingerprint density at radius 1 is 1.18 bits per heavy atom. The van der Waals surface area contributed by atoms with Gasteiger partial charge in [0.2, 0.25) is 5.91 Å². The van der Waals surface area contributed by atoms with E-state index < -0.39 is 0 Å². The van der Waals surface area contributed by atoms with Gasteiger partial charge in [-0.15, -0.1) is 0 Å². The van der Waals surface area contributed by atoms with Crippen molar-refractivity contribution in [3.63, 3.8) is 0 Å². The topological polar surface area (TPSA) is 52.9 Å². The molecule has 1 amide bonds. The lowest BCUT2D eigenvalue weighted by atomic mass is 10.1. The van der Waals surface area contributed by atoms with E-state index in [2.05, 4.69) is 18.3 Å². The highest BCUT2D eigenvalue weighted by molar-refractivity contribution is 5.76. The summed E-state index contributed by atoms with van der Waals surface area (Å²) >= 11 is 0. The minimum absolute atomic E-state index is 0.0146. The summed E-state index contributed by atoms with van der Waals surface area (Å²) < 4.78 is 0. The van der Waals surface area contributed by atoms with Crippen LogP contribution in [0.15, 0.2) is 0 Å². The van der Waals surface area contributed by atoms with Gasteiger partial charge in [-0.25, -0.2) is 0 Å². The number of nitriles is 1. The van der Waals surface area contributed by atoms with Crippen molar-refractivity contribution in [2.24, 2.45) is 5.92 Å². The molecule has 0 aromatic rings. The van der Waals surface area contributed by atoms with E-state index in [1.807, 2.05) is 13.8 Å². The summed E-state index contributed by atoms with van der Waals surface area (Å²) in [7, 11) is 0. The minimum Gasteiger partial charge on any atom is -0.340 e. The average Bonchev–Trinajstić information content (AvgIpc) is 2.30. The second-order valence-corrected chi connectivity index (χ2v) is 4.94. The van der Waals surface area contributed by atoms with Gasteiger partial charge in [0.1, 0.15) is 6.04 Å². The third kappa shape index (κ3) is 8.74. The van der Waals surface area contributed by atoms with Gasteiger partial charge in [-0.3, -0.25) is 4.79 Å². The van der Waals surface area contributed by atoms with Crippen LogP contribution in [-0.2, 0) is 4.79 Å². The zero-order valence-corrected chi connectivity index (χ0v) is 11.5. The maximum atomic E-state index is 11.5. The molecule has 0 saturated carbocycles. The van der Waals surface area contributed by atoms with Crippen LogP contribution in [0.1, 0.15) is 65.7 Å². The number of nitrogens with zero attached hydrogens (tertiary/aromatic N) is 1. The fourth-order valence-corrected chi connectivity index (χ4v) is 1.66. The van der Waals surface area contributed by atoms with Crippen molar-refractivity contribution in [2.45, 2.75) is 71.8 Å². The summed E-state index contributed by atoms with van der Waals surface area (Å²) in [6.45, 7) is 6.08. The van der Waals surface area contributed by atoms with Crippen LogP contribution in [0.5, 0.6) is 0 Å². The summed E-state index contributed by atoms with van der Waals surface area (Å²) in [5, 5.41) is 11.6. The van der Waals surface area contributed by atoms with Crippen LogP contribution < -0.4 is 5.32 Å². The first kappa shape index (κ1) is 16.0. The molecule has 1 unspecified atom stereocenters. The first-order valence-corrected chi connectivity index (χ1v) is 6.80. The molecule has 0 rings (SSSR count). The fourth-order valence-electron chi connectivity index (χ4n) is 1.66. The van der Waals surface area contributed by atoms with Crippen LogP contribution in [0.4, 0.5) is 0 Å². The molecule has 0 saturated heterocycles. The molecule has 1 N–H and O–H groups in total. The monoisotopic (exact) mass is 238 g/mol. The molecule has 0 bridgehead atoms. The number of carbonyl (C=O) groups excluding carboxylic acids is 1. The number of rotatable bonds is 9. The molecule has 98 valence electrons. The molecule has 1 atom stereocenters. The number of hydrogen-bond acceptors (Lipinski definition) is 2. The number of carbonyl (C=O) groups is 1. The van der Waals surface area contributed by atoms with E-state index in [1.165, 1.54) is 25.7 Å². The SMILES string of the molecule is CCCCCCCCC(=O)NC(C#N)C(C)C. The van der Waals surface area contributed by atoms with Gasteiger partial charge >= 0.3 is 0 Å². The third-order valence-electron chi connectivity index (χ3n) is 2.88. The van der Waals surface area contributed by atoms with Gasteiger partial charge in [0.15, 0.2) is 0 Å². The van der Waals surface area contributed by atoms with Gasteiger partial charge in [0.25, 0.3) is 0 Å². The van der Waals surface area contributed by atoms with Crippen molar-refractivity contribution in [3.05, 3.63) is 0 Å². The molecule has 0 aromatic carbocycles. The van der Waals surface area contributed by atoms with Crippen molar-refractivity contribution >= 4 is 5.91 Å². The van der Waals surface area contributed by atoms with Crippen molar-refractivity contribution in [1.82, 2.24) is 5.32 Å². The largest absolute Gasteiger partial charge is 0.340 e. The van der Waals surface area contributed by atoms with E-state index in [0.29, 0.717) is 6.42 Å². The van der Waals surface area contributed by atoms with E-state index in [-0.39, 0.29) is 17.9 Å². The molecule has 0 spiro atoms. The Balaban J connectivity index is 3.56. The van der Waals surface area contributed by atoms with E-state index in [0.717, 1.165) is 12.8 Å². The van der Waals surface area contributed by atoms with Gasteiger partial charge < -0.3 is 5.32 Å². The molecule has 3 heteroatoms. The lowest BCUT2D eigenvalue weighted by Gasteiger charge is -2.14. The maximum Gasteiger partial charge on any atom is 0.221 e. The van der Waals surface area contributed by atoms with Crippen LogP contribution in [0, 0.1) is 17.2 Å². The minimum atomic E-state index is -0.345. The molecule has 0 aliphatic carbocycles. The standard InChI is InChI=1S/C14H26N2O/c1-4-5-6-7-8-9-10-14(17)16-13(11-15)12(2)3/h12-13H,4-10H2,1-3H3,(H,16,17). The van der Waals surface area contributed by atoms with Gasteiger partial charge in [0.05, 0.1) is 6.07 Å². The molecule has 0 radical (unpaired) electrons. The quantitative estimate of drug-likeness (QED) is 0.626. The van der Waals surface area contributed by atoms with Gasteiger partial charge in [-0.2, -0.15) is 5.26 Å². The second-order valence-electron chi connectivity index (χ2n) is 4.94. The zero-order chi connectivity index (χ0) is 13.1. The smallest absolute Gasteiger partial charge is 0.221 e. The number of nitrogens with one attached hydrogen (secondary N) is 1. The number of hydrogen-bond donors (Lipinski definition) is 1. The van der Waals surface area contributed by atoms with Crippen molar-refractivity contribution in [2.75, 3.05) is 0 Å². The highest BCUT2D eigenvalue weighted by Crippen LogP contribution is 2.07. The van der Waals surface area contributed by atoms with Crippen LogP contribution in [0.25, 0.3) is 0 Å². The Morgan fingerprint density at radius 2 is 1.76 bits per heavy atom. The van der Waals surface area contributed by atoms with Gasteiger partial charge in [-0.05, 0) is 12.3 Å². The summed E-state index contributed by atoms with van der Waals surface area (Å²) in [6, 6.07) is 1.77. The summed E-state index contributed by atoms with van der Waals surface area (Å²) in [6.07, 6.45) is 7.63. The molecule has 17 heavy (non-hydrogen) atoms. The Hall–Kier alpha value is -1.04. The highest BCUT2D eigenvalue weighted by atomic mass is 16.1. The van der Waals surface area contributed by atoms with Crippen LogP contribution in [0.3, 0.4) is 0 Å². The Kier molecular flexibility index (Phi) is 9.52. The highest BCUT2D eigenvalue weighted by Gasteiger charge is 2.14. The third-order valence-corrected chi connectivity index (χ3v) is 2.88. The van der Waals surface area contributed by atoms with Crippen molar-refractivity contribution in [3.8, 4) is 6.07 Å². The number of unbranched alkanes of at least 4 members (excludes halogenated alkanes) is 5. The lowest BCUT2D eigenvalue weighted by Crippen LogP contribution is -2.37. The Morgan fingerprint density at radius 3 is 2.29 bits per heavy atom. The van der Waals surface area contributed by atoms with Crippen molar-refractivity contribution < 1.29 is 4.79 Å². The summed E-state index contributed by atoms with van der Waals surface area (Å²) in [5.74, 6) is 0.189. The van der Waals surface area contributed by atoms with E-state index in [4.69, 9.17) is 5.26 Å². The van der Waals surface area contributed by atoms with Gasteiger partial charge in [-0.1, -0.05) is 52.9 Å². The molecule has 0 aromatic heterocycles. The second kappa shape index (κ2) is 10.1. The molecule has 0 aliphatic rings. The van der Waals surface area contributed by atoms with E-state index in [9.17, 15) is 4.79 Å². The molecular formula is C14H26N2O. The summed E-state index contributed by atoms with van der Waals surface area (Å²) in [4.78, 5) is 11.5. The lowest BCUT2D eigenvalue weighted by molar-refractivity contribution is -0.121. The normalized spacial score (nSPS) is 12.2. The average molecular weight is 238 g/mol. The van der Waals surface area contributed by atoms with Gasteiger partial charge in [0, 0.05) is 6.42 Å². The van der Waals surface area contributed by atoms with Crippen molar-refractivity contribution in [1.29, 1.82) is 5.26 Å². The maximum absolute atomic E-state index is 11.5. The first-order valence-electron chi connectivity index (χ1n) is 6.80. The number of amides is 1. The molecule has 3 nitrogen and oxygen atoms in total. The molecular weight excluding hydrogens is 212 g/mol. The van der Waals surface area contributed by atoms with E-state index in [1.54, 1.807) is 0 Å². The van der Waals surface area contributed by atoms with Crippen LogP contribution in [-0.4, -0.2) is 11.9 Å². The van der Waals surface area contributed by atoms with E-state index >= 15 is 0 Å². The predicted molar refractivity (Wildman–Crippen MR) is 70.4 cm³/mol. The molecule has 0 fully saturated rings. The zero-order valence-electron chi connectivity index (χ0n) is 11.5. The molecule has 0 aliphatic heterocycles. The summed E-state index contributed by atoms with van der Waals surface area (Å²) in [5.41, 5.74) is 0. The first-order chi connectivity index (χ1) is 8.11. The Bertz CT molecular complexity index is 243. The predicted octanol–water partition coefficient (Wildman–Crippen LogP) is 3.40. The van der Waals surface area contributed by atoms with Crippen LogP contribution in [0.2, 0.25) is 0 Å². The van der Waals surface area contributed by atoms with Crippen LogP contribution >= 0.6 is 0 Å². The molecule has 0 heterocycles. The fraction of sp³-hybridized carbons (Fsp3) is 0.857. The Labute approximate surface area is 106 Å².